The van der Waals surface area contributed by atoms with Crippen molar-refractivity contribution in [2.75, 3.05) is 6.54 Å². The molecular formula is C16H28N2O3. The first kappa shape index (κ1) is 16.1. The first-order valence-corrected chi connectivity index (χ1v) is 8.19. The van der Waals surface area contributed by atoms with Crippen LogP contribution in [0, 0.1) is 5.41 Å². The van der Waals surface area contributed by atoms with Gasteiger partial charge in [-0.1, -0.05) is 26.7 Å². The summed E-state index contributed by atoms with van der Waals surface area (Å²) < 4.78 is 0. The molecule has 1 unspecified atom stereocenters. The third-order valence-corrected chi connectivity index (χ3v) is 4.97. The Kier molecular flexibility index (Phi) is 5.12. The normalized spacial score (nSPS) is 27.0. The molecule has 2 fully saturated rings. The molecule has 1 saturated carbocycles. The van der Waals surface area contributed by atoms with Crippen LogP contribution in [0.4, 0.5) is 4.79 Å². The summed E-state index contributed by atoms with van der Waals surface area (Å²) in [5, 5.41) is 12.4. The standard InChI is InChI=1S/C16H28N2O3/c1-16(2)9-7-12(8-10-16)17-15(21)18-11-5-3-4-6-13(18)14(19)20/h12-13H,3-11H2,1-2H3,(H,17,21)(H,19,20). The lowest BCUT2D eigenvalue weighted by atomic mass is 9.75. The van der Waals surface area contributed by atoms with E-state index in [2.05, 4.69) is 19.2 Å². The summed E-state index contributed by atoms with van der Waals surface area (Å²) >= 11 is 0. The van der Waals surface area contributed by atoms with Gasteiger partial charge in [-0.2, -0.15) is 0 Å². The van der Waals surface area contributed by atoms with E-state index in [0.717, 1.165) is 44.9 Å². The van der Waals surface area contributed by atoms with Crippen molar-refractivity contribution in [3.63, 3.8) is 0 Å². The molecular weight excluding hydrogens is 268 g/mol. The third-order valence-electron chi connectivity index (χ3n) is 4.97. The second-order valence-corrected chi connectivity index (χ2v) is 7.28. The van der Waals surface area contributed by atoms with E-state index in [-0.39, 0.29) is 12.1 Å². The van der Waals surface area contributed by atoms with Gasteiger partial charge in [0.25, 0.3) is 0 Å². The number of carboxylic acids is 1. The lowest BCUT2D eigenvalue weighted by Gasteiger charge is -2.36. The molecule has 2 rings (SSSR count). The zero-order valence-electron chi connectivity index (χ0n) is 13.2. The number of hydrogen-bond donors (Lipinski definition) is 2. The van der Waals surface area contributed by atoms with Crippen LogP contribution in [0.5, 0.6) is 0 Å². The average molecular weight is 296 g/mol. The van der Waals surface area contributed by atoms with Crippen molar-refractivity contribution in [2.45, 2.75) is 77.3 Å². The Morgan fingerprint density at radius 1 is 1.10 bits per heavy atom. The second-order valence-electron chi connectivity index (χ2n) is 7.28. The Labute approximate surface area is 127 Å². The first-order chi connectivity index (χ1) is 9.89. The van der Waals surface area contributed by atoms with Crippen molar-refractivity contribution in [2.24, 2.45) is 5.41 Å². The quantitative estimate of drug-likeness (QED) is 0.823. The zero-order chi connectivity index (χ0) is 15.5. The number of urea groups is 1. The number of rotatable bonds is 2. The van der Waals surface area contributed by atoms with Gasteiger partial charge in [0.1, 0.15) is 6.04 Å². The highest BCUT2D eigenvalue weighted by molar-refractivity contribution is 5.82. The summed E-state index contributed by atoms with van der Waals surface area (Å²) in [5.41, 5.74) is 0.368. The maximum absolute atomic E-state index is 12.4. The third kappa shape index (κ3) is 4.35. The maximum Gasteiger partial charge on any atom is 0.326 e. The van der Waals surface area contributed by atoms with Gasteiger partial charge in [-0.25, -0.2) is 9.59 Å². The molecule has 5 heteroatoms. The van der Waals surface area contributed by atoms with E-state index in [1.54, 1.807) is 0 Å². The minimum atomic E-state index is -0.878. The lowest BCUT2D eigenvalue weighted by molar-refractivity contribution is -0.142. The molecule has 1 aliphatic carbocycles. The molecule has 1 atom stereocenters. The number of aliphatic carboxylic acids is 1. The van der Waals surface area contributed by atoms with Gasteiger partial charge < -0.3 is 15.3 Å². The number of likely N-dealkylation sites (tertiary alicyclic amines) is 1. The lowest BCUT2D eigenvalue weighted by Crippen LogP contribution is -2.52. The van der Waals surface area contributed by atoms with Crippen molar-refractivity contribution in [1.29, 1.82) is 0 Å². The molecule has 21 heavy (non-hydrogen) atoms. The number of nitrogens with zero attached hydrogens (tertiary/aromatic N) is 1. The van der Waals surface area contributed by atoms with Crippen molar-refractivity contribution < 1.29 is 14.7 Å². The van der Waals surface area contributed by atoms with Crippen LogP contribution in [0.15, 0.2) is 0 Å². The molecule has 0 aromatic carbocycles. The van der Waals surface area contributed by atoms with Crippen molar-refractivity contribution in [3.8, 4) is 0 Å². The van der Waals surface area contributed by atoms with Crippen LogP contribution in [-0.2, 0) is 4.79 Å². The number of amides is 2. The highest BCUT2D eigenvalue weighted by atomic mass is 16.4. The number of carboxylic acid groups (broad SMARTS) is 1. The molecule has 0 aromatic heterocycles. The highest BCUT2D eigenvalue weighted by Crippen LogP contribution is 2.35. The minimum Gasteiger partial charge on any atom is -0.480 e. The van der Waals surface area contributed by atoms with E-state index in [1.165, 1.54) is 4.90 Å². The van der Waals surface area contributed by atoms with Crippen LogP contribution >= 0.6 is 0 Å². The highest BCUT2D eigenvalue weighted by Gasteiger charge is 2.33. The summed E-state index contributed by atoms with van der Waals surface area (Å²) in [6.07, 6.45) is 7.56. The van der Waals surface area contributed by atoms with Crippen LogP contribution in [0.2, 0.25) is 0 Å². The van der Waals surface area contributed by atoms with Gasteiger partial charge in [0.2, 0.25) is 0 Å². The molecule has 2 aliphatic rings. The fraction of sp³-hybridized carbons (Fsp3) is 0.875. The fourth-order valence-electron chi connectivity index (χ4n) is 3.41. The van der Waals surface area contributed by atoms with E-state index in [4.69, 9.17) is 0 Å². The van der Waals surface area contributed by atoms with Crippen molar-refractivity contribution >= 4 is 12.0 Å². The predicted molar refractivity (Wildman–Crippen MR) is 81.2 cm³/mol. The largest absolute Gasteiger partial charge is 0.480 e. The van der Waals surface area contributed by atoms with Gasteiger partial charge in [-0.15, -0.1) is 0 Å². The fourth-order valence-corrected chi connectivity index (χ4v) is 3.41. The van der Waals surface area contributed by atoms with E-state index in [0.29, 0.717) is 18.4 Å². The van der Waals surface area contributed by atoms with Gasteiger partial charge in [0, 0.05) is 12.6 Å². The maximum atomic E-state index is 12.4. The summed E-state index contributed by atoms with van der Waals surface area (Å²) in [5.74, 6) is -0.878. The molecule has 1 aliphatic heterocycles. The van der Waals surface area contributed by atoms with Crippen LogP contribution in [0.3, 0.4) is 0 Å². The zero-order valence-corrected chi connectivity index (χ0v) is 13.2. The molecule has 120 valence electrons. The second kappa shape index (κ2) is 6.67. The summed E-state index contributed by atoms with van der Waals surface area (Å²) in [6.45, 7) is 5.08. The van der Waals surface area contributed by atoms with Gasteiger partial charge in [-0.05, 0) is 43.9 Å². The van der Waals surface area contributed by atoms with E-state index in [9.17, 15) is 14.7 Å². The monoisotopic (exact) mass is 296 g/mol. The summed E-state index contributed by atoms with van der Waals surface area (Å²) in [6, 6.07) is -0.648. The topological polar surface area (TPSA) is 69.6 Å². The van der Waals surface area contributed by atoms with E-state index < -0.39 is 12.0 Å². The summed E-state index contributed by atoms with van der Waals surface area (Å²) in [7, 11) is 0. The molecule has 0 spiro atoms. The Morgan fingerprint density at radius 2 is 1.76 bits per heavy atom. The molecule has 1 heterocycles. The molecule has 2 N–H and O–H groups in total. The molecule has 2 amide bonds. The van der Waals surface area contributed by atoms with Crippen molar-refractivity contribution in [3.05, 3.63) is 0 Å². The molecule has 5 nitrogen and oxygen atoms in total. The smallest absolute Gasteiger partial charge is 0.326 e. The Balaban J connectivity index is 1.93. The Bertz CT molecular complexity index is 385. The Hall–Kier alpha value is -1.26. The predicted octanol–water partition coefficient (Wildman–Crippen LogP) is 2.99. The first-order valence-electron chi connectivity index (χ1n) is 8.19. The van der Waals surface area contributed by atoms with Crippen LogP contribution < -0.4 is 5.32 Å². The van der Waals surface area contributed by atoms with Crippen LogP contribution in [0.1, 0.15) is 65.2 Å². The van der Waals surface area contributed by atoms with Crippen LogP contribution in [0.25, 0.3) is 0 Å². The SMILES string of the molecule is CC1(C)CCC(NC(=O)N2CCCCCC2C(=O)O)CC1. The van der Waals surface area contributed by atoms with Crippen LogP contribution in [-0.4, -0.2) is 40.6 Å². The number of hydrogen-bond acceptors (Lipinski definition) is 2. The van der Waals surface area contributed by atoms with E-state index in [1.807, 2.05) is 0 Å². The van der Waals surface area contributed by atoms with E-state index >= 15 is 0 Å². The average Bonchev–Trinajstić information content (AvgIpc) is 2.66. The molecule has 0 bridgehead atoms. The van der Waals surface area contributed by atoms with Gasteiger partial charge in [0.05, 0.1) is 0 Å². The molecule has 0 aromatic rings. The molecule has 1 saturated heterocycles. The van der Waals surface area contributed by atoms with Gasteiger partial charge >= 0.3 is 12.0 Å². The number of carbonyl (C=O) groups is 2. The number of nitrogens with one attached hydrogen (secondary N) is 1. The Morgan fingerprint density at radius 3 is 2.38 bits per heavy atom. The van der Waals surface area contributed by atoms with Gasteiger partial charge in [0.15, 0.2) is 0 Å². The number of carbonyl (C=O) groups excluding carboxylic acids is 1. The molecule has 0 radical (unpaired) electrons. The van der Waals surface area contributed by atoms with Gasteiger partial charge in [-0.3, -0.25) is 0 Å². The minimum absolute atomic E-state index is 0.186. The summed E-state index contributed by atoms with van der Waals surface area (Å²) in [4.78, 5) is 25.4. The van der Waals surface area contributed by atoms with Crippen molar-refractivity contribution in [1.82, 2.24) is 10.2 Å².